The van der Waals surface area contributed by atoms with Crippen LogP contribution in [-0.4, -0.2) is 50.0 Å². The molecule has 2 rings (SSSR count). The first-order valence-corrected chi connectivity index (χ1v) is 6.47. The number of carbonyl (C=O) groups excluding carboxylic acids is 1. The lowest BCUT2D eigenvalue weighted by Crippen LogP contribution is -2.40. The Morgan fingerprint density at radius 3 is 2.68 bits per heavy atom. The van der Waals surface area contributed by atoms with Crippen molar-refractivity contribution in [3.8, 4) is 0 Å². The van der Waals surface area contributed by atoms with Crippen LogP contribution < -0.4 is 0 Å². The molecule has 19 heavy (non-hydrogen) atoms. The van der Waals surface area contributed by atoms with E-state index in [1.165, 1.54) is 17.3 Å². The summed E-state index contributed by atoms with van der Waals surface area (Å²) in [5.41, 5.74) is -0.145. The number of aromatic carboxylic acids is 1. The first-order chi connectivity index (χ1) is 9.08. The summed E-state index contributed by atoms with van der Waals surface area (Å²) >= 11 is 0. The first-order valence-electron chi connectivity index (χ1n) is 6.47. The number of hydrogen-bond acceptors (Lipinski definition) is 4. The molecule has 1 saturated carbocycles. The number of amides is 1. The zero-order valence-corrected chi connectivity index (χ0v) is 10.9. The molecule has 1 aromatic rings. The Kier molecular flexibility index (Phi) is 4.13. The molecule has 1 aliphatic rings. The van der Waals surface area contributed by atoms with Crippen molar-refractivity contribution in [1.29, 1.82) is 0 Å². The molecule has 0 bridgehead atoms. The van der Waals surface area contributed by atoms with Gasteiger partial charge < -0.3 is 10.0 Å². The largest absolute Gasteiger partial charge is 0.476 e. The van der Waals surface area contributed by atoms with E-state index in [1.807, 2.05) is 0 Å². The van der Waals surface area contributed by atoms with E-state index in [1.54, 1.807) is 11.9 Å². The zero-order valence-electron chi connectivity index (χ0n) is 10.9. The molecule has 104 valence electrons. The van der Waals surface area contributed by atoms with Gasteiger partial charge in [0, 0.05) is 13.1 Å². The Bertz CT molecular complexity index is 465. The van der Waals surface area contributed by atoms with Crippen LogP contribution in [-0.2, 0) is 11.3 Å². The number of nitrogens with zero attached hydrogens (tertiary/aromatic N) is 4. The smallest absolute Gasteiger partial charge is 0.358 e. The molecule has 1 amide bonds. The molecule has 0 unspecified atom stereocenters. The van der Waals surface area contributed by atoms with E-state index in [2.05, 4.69) is 10.3 Å². The summed E-state index contributed by atoms with van der Waals surface area (Å²) < 4.78 is 1.27. The normalized spacial score (nSPS) is 16.3. The molecule has 1 aliphatic carbocycles. The van der Waals surface area contributed by atoms with Crippen molar-refractivity contribution in [2.24, 2.45) is 0 Å². The lowest BCUT2D eigenvalue weighted by atomic mass is 9.94. The number of carboxylic acids is 1. The van der Waals surface area contributed by atoms with Crippen LogP contribution in [0, 0.1) is 0 Å². The Morgan fingerprint density at radius 1 is 1.42 bits per heavy atom. The average Bonchev–Trinajstić information content (AvgIpc) is 2.87. The van der Waals surface area contributed by atoms with Gasteiger partial charge in [-0.15, -0.1) is 5.10 Å². The van der Waals surface area contributed by atoms with Crippen LogP contribution in [0.25, 0.3) is 0 Å². The lowest BCUT2D eigenvalue weighted by molar-refractivity contribution is -0.133. The molecule has 0 aromatic carbocycles. The van der Waals surface area contributed by atoms with Crippen molar-refractivity contribution in [2.45, 2.75) is 44.7 Å². The third-order valence-electron chi connectivity index (χ3n) is 3.57. The number of rotatable bonds is 4. The van der Waals surface area contributed by atoms with E-state index in [9.17, 15) is 9.59 Å². The second-order valence-electron chi connectivity index (χ2n) is 4.90. The summed E-state index contributed by atoms with van der Waals surface area (Å²) in [5, 5.41) is 15.9. The summed E-state index contributed by atoms with van der Waals surface area (Å²) in [4.78, 5) is 24.5. The van der Waals surface area contributed by atoms with Crippen molar-refractivity contribution in [3.05, 3.63) is 11.9 Å². The van der Waals surface area contributed by atoms with Crippen LogP contribution in [0.15, 0.2) is 6.20 Å². The average molecular weight is 266 g/mol. The molecule has 1 N–H and O–H groups in total. The maximum atomic E-state index is 12.1. The van der Waals surface area contributed by atoms with Gasteiger partial charge in [0.15, 0.2) is 5.69 Å². The molecule has 0 atom stereocenters. The zero-order chi connectivity index (χ0) is 13.8. The second-order valence-corrected chi connectivity index (χ2v) is 4.90. The van der Waals surface area contributed by atoms with Crippen LogP contribution in [0.1, 0.15) is 42.6 Å². The Labute approximate surface area is 111 Å². The monoisotopic (exact) mass is 266 g/mol. The van der Waals surface area contributed by atoms with Gasteiger partial charge in [-0.2, -0.15) is 0 Å². The fourth-order valence-corrected chi connectivity index (χ4v) is 2.40. The fourth-order valence-electron chi connectivity index (χ4n) is 2.40. The molecule has 7 nitrogen and oxygen atoms in total. The van der Waals surface area contributed by atoms with E-state index in [-0.39, 0.29) is 18.1 Å². The summed E-state index contributed by atoms with van der Waals surface area (Å²) in [7, 11) is 1.80. The molecule has 0 aliphatic heterocycles. The Hall–Kier alpha value is -1.92. The van der Waals surface area contributed by atoms with Gasteiger partial charge in [0.05, 0.1) is 6.20 Å². The van der Waals surface area contributed by atoms with Crippen molar-refractivity contribution in [3.63, 3.8) is 0 Å². The van der Waals surface area contributed by atoms with Gasteiger partial charge in [-0.05, 0) is 12.8 Å². The fraction of sp³-hybridized carbons (Fsp3) is 0.667. The lowest BCUT2D eigenvalue weighted by Gasteiger charge is -2.31. The highest BCUT2D eigenvalue weighted by Gasteiger charge is 2.22. The molecule has 0 radical (unpaired) electrons. The predicted molar refractivity (Wildman–Crippen MR) is 66.6 cm³/mol. The summed E-state index contributed by atoms with van der Waals surface area (Å²) in [6.45, 7) is 0.0350. The molecular weight excluding hydrogens is 248 g/mol. The van der Waals surface area contributed by atoms with E-state index in [4.69, 9.17) is 5.11 Å². The third-order valence-corrected chi connectivity index (χ3v) is 3.57. The van der Waals surface area contributed by atoms with Crippen LogP contribution in [0.3, 0.4) is 0 Å². The van der Waals surface area contributed by atoms with E-state index in [0.717, 1.165) is 25.7 Å². The minimum absolute atomic E-state index is 0.0350. The van der Waals surface area contributed by atoms with Gasteiger partial charge in [0.1, 0.15) is 6.54 Å². The standard InChI is InChI=1S/C12H18N4O3/c1-15(9-5-3-2-4-6-9)11(17)8-16-7-10(12(18)19)13-14-16/h7,9H,2-6,8H2,1H3,(H,18,19). The Morgan fingerprint density at radius 2 is 2.11 bits per heavy atom. The van der Waals surface area contributed by atoms with Crippen molar-refractivity contribution >= 4 is 11.9 Å². The Balaban J connectivity index is 1.93. The van der Waals surface area contributed by atoms with Crippen molar-refractivity contribution < 1.29 is 14.7 Å². The maximum absolute atomic E-state index is 12.1. The molecule has 1 heterocycles. The number of carboxylic acid groups (broad SMARTS) is 1. The maximum Gasteiger partial charge on any atom is 0.358 e. The van der Waals surface area contributed by atoms with Crippen LogP contribution in [0.5, 0.6) is 0 Å². The summed E-state index contributed by atoms with van der Waals surface area (Å²) in [5.74, 6) is -1.20. The van der Waals surface area contributed by atoms with E-state index >= 15 is 0 Å². The minimum Gasteiger partial charge on any atom is -0.476 e. The molecule has 1 aromatic heterocycles. The van der Waals surface area contributed by atoms with Gasteiger partial charge in [-0.1, -0.05) is 24.5 Å². The minimum atomic E-state index is -1.14. The molecule has 0 spiro atoms. The number of likely N-dealkylation sites (N-methyl/N-ethyl adjacent to an activating group) is 1. The van der Waals surface area contributed by atoms with Crippen LogP contribution >= 0.6 is 0 Å². The van der Waals surface area contributed by atoms with E-state index < -0.39 is 5.97 Å². The number of hydrogen-bond donors (Lipinski definition) is 1. The summed E-state index contributed by atoms with van der Waals surface area (Å²) in [6.07, 6.45) is 6.92. The van der Waals surface area contributed by atoms with Gasteiger partial charge >= 0.3 is 5.97 Å². The number of aromatic nitrogens is 3. The third kappa shape index (κ3) is 3.30. The summed E-state index contributed by atoms with van der Waals surface area (Å²) in [6, 6.07) is 0.295. The van der Waals surface area contributed by atoms with Crippen LogP contribution in [0.2, 0.25) is 0 Å². The van der Waals surface area contributed by atoms with Crippen LogP contribution in [0.4, 0.5) is 0 Å². The van der Waals surface area contributed by atoms with Gasteiger partial charge in [-0.3, -0.25) is 4.79 Å². The van der Waals surface area contributed by atoms with E-state index in [0.29, 0.717) is 6.04 Å². The van der Waals surface area contributed by atoms with Crippen molar-refractivity contribution in [1.82, 2.24) is 19.9 Å². The quantitative estimate of drug-likeness (QED) is 0.869. The topological polar surface area (TPSA) is 88.3 Å². The predicted octanol–water partition coefficient (Wildman–Crippen LogP) is 0.767. The second kappa shape index (κ2) is 5.81. The molecule has 1 fully saturated rings. The van der Waals surface area contributed by atoms with Gasteiger partial charge in [0.25, 0.3) is 0 Å². The van der Waals surface area contributed by atoms with Gasteiger partial charge in [-0.25, -0.2) is 9.48 Å². The molecule has 0 saturated heterocycles. The van der Waals surface area contributed by atoms with Gasteiger partial charge in [0.2, 0.25) is 5.91 Å². The number of carbonyl (C=O) groups is 2. The first kappa shape index (κ1) is 13.5. The van der Waals surface area contributed by atoms with Crippen molar-refractivity contribution in [2.75, 3.05) is 7.05 Å². The molecule has 7 heteroatoms. The molecular formula is C12H18N4O3. The SMILES string of the molecule is CN(C(=O)Cn1cc(C(=O)O)nn1)C1CCCCC1. The highest BCUT2D eigenvalue weighted by atomic mass is 16.4. The highest BCUT2D eigenvalue weighted by Crippen LogP contribution is 2.21. The highest BCUT2D eigenvalue weighted by molar-refractivity contribution is 5.84.